The zero-order valence-electron chi connectivity index (χ0n) is 24.0. The monoisotopic (exact) mass is 758 g/mol. The Morgan fingerprint density at radius 1 is 0.511 bits per heavy atom. The normalized spacial score (nSPS) is 10.9. The van der Waals surface area contributed by atoms with Crippen LogP contribution in [-0.2, 0) is 21.1 Å². The number of fused-ring (bicyclic) bond motifs is 3. The first-order chi connectivity index (χ1) is 21.8. The Kier molecular flexibility index (Phi) is 7.81. The van der Waals surface area contributed by atoms with Crippen molar-refractivity contribution in [1.82, 2.24) is 14.5 Å². The van der Waals surface area contributed by atoms with Gasteiger partial charge < -0.3 is 9.30 Å². The summed E-state index contributed by atoms with van der Waals surface area (Å²) in [5.41, 5.74) is 8.28. The molecular weight excluding hydrogens is 734 g/mol. The van der Waals surface area contributed by atoms with Gasteiger partial charge in [-0.1, -0.05) is 96.4 Å². The third kappa shape index (κ3) is 5.57. The third-order valence-corrected chi connectivity index (χ3v) is 7.76. The fraction of sp³-hybridized carbons (Fsp3) is 0. The van der Waals surface area contributed by atoms with Gasteiger partial charge in [0.1, 0.15) is 5.82 Å². The van der Waals surface area contributed by atoms with Crippen molar-refractivity contribution in [2.75, 3.05) is 0 Å². The first kappa shape index (κ1) is 28.5. The van der Waals surface area contributed by atoms with Crippen molar-refractivity contribution >= 4 is 21.8 Å². The Morgan fingerprint density at radius 3 is 1.93 bits per heavy atom. The molecule has 0 aliphatic rings. The largest absolute Gasteiger partial charge is 2.00 e. The SMILES string of the molecule is [Pt+2].[c-]1c(Oc2ccccn2)cc(-c2ccccc2)cc1-c1[c-]c2c(cc1)c1cc(-c3ccccc3)ccc1n2-c1ccccn1. The summed E-state index contributed by atoms with van der Waals surface area (Å²) < 4.78 is 8.38. The summed E-state index contributed by atoms with van der Waals surface area (Å²) in [4.78, 5) is 9.09. The molecule has 3 aromatic heterocycles. The second kappa shape index (κ2) is 12.4. The molecule has 0 amide bonds. The van der Waals surface area contributed by atoms with Crippen molar-refractivity contribution in [3.63, 3.8) is 0 Å². The van der Waals surface area contributed by atoms with Crippen LogP contribution in [0.15, 0.2) is 152 Å². The van der Waals surface area contributed by atoms with Crippen LogP contribution in [0.3, 0.4) is 0 Å². The third-order valence-electron chi connectivity index (χ3n) is 7.76. The molecule has 216 valence electrons. The van der Waals surface area contributed by atoms with E-state index in [-0.39, 0.29) is 21.1 Å². The molecule has 3 heterocycles. The van der Waals surface area contributed by atoms with Crippen LogP contribution in [0.5, 0.6) is 11.6 Å². The van der Waals surface area contributed by atoms with Gasteiger partial charge in [-0.05, 0) is 51.9 Å². The quantitative estimate of drug-likeness (QED) is 0.159. The van der Waals surface area contributed by atoms with Crippen molar-refractivity contribution < 1.29 is 25.8 Å². The van der Waals surface area contributed by atoms with Crippen molar-refractivity contribution in [2.45, 2.75) is 0 Å². The zero-order valence-corrected chi connectivity index (χ0v) is 26.3. The van der Waals surface area contributed by atoms with E-state index < -0.39 is 0 Å². The Morgan fingerprint density at radius 2 is 1.22 bits per heavy atom. The van der Waals surface area contributed by atoms with Gasteiger partial charge in [-0.2, -0.15) is 18.2 Å². The van der Waals surface area contributed by atoms with Crippen molar-refractivity contribution in [3.05, 3.63) is 164 Å². The molecule has 5 aromatic carbocycles. The molecule has 8 rings (SSSR count). The maximum absolute atomic E-state index is 6.19. The predicted molar refractivity (Wildman–Crippen MR) is 177 cm³/mol. The minimum Gasteiger partial charge on any atom is -0.460 e. The van der Waals surface area contributed by atoms with Crippen LogP contribution in [0.4, 0.5) is 0 Å². The Balaban J connectivity index is 0.00000325. The Bertz CT molecular complexity index is 2230. The van der Waals surface area contributed by atoms with Crippen LogP contribution < -0.4 is 4.74 Å². The topological polar surface area (TPSA) is 39.9 Å². The maximum Gasteiger partial charge on any atom is 2.00 e. The van der Waals surface area contributed by atoms with Gasteiger partial charge in [0.25, 0.3) is 0 Å². The number of rotatable bonds is 6. The van der Waals surface area contributed by atoms with E-state index in [9.17, 15) is 0 Å². The van der Waals surface area contributed by atoms with E-state index in [2.05, 4.69) is 94.5 Å². The molecule has 0 aliphatic heterocycles. The zero-order chi connectivity index (χ0) is 29.3. The fourth-order valence-electron chi connectivity index (χ4n) is 5.70. The van der Waals surface area contributed by atoms with Crippen LogP contribution in [0.2, 0.25) is 0 Å². The second-order valence-corrected chi connectivity index (χ2v) is 10.5. The van der Waals surface area contributed by atoms with E-state index >= 15 is 0 Å². The van der Waals surface area contributed by atoms with Crippen LogP contribution >= 0.6 is 0 Å². The first-order valence-electron chi connectivity index (χ1n) is 14.5. The molecule has 0 N–H and O–H groups in total. The molecular formula is C40H25N3OPt. The maximum atomic E-state index is 6.19. The molecule has 0 atom stereocenters. The molecule has 8 aromatic rings. The van der Waals surface area contributed by atoms with Gasteiger partial charge in [-0.15, -0.1) is 17.7 Å². The number of ether oxygens (including phenoxy) is 1. The van der Waals surface area contributed by atoms with Crippen LogP contribution in [0.25, 0.3) is 61.0 Å². The first-order valence-corrected chi connectivity index (χ1v) is 14.5. The molecule has 0 saturated carbocycles. The van der Waals surface area contributed by atoms with Crippen molar-refractivity contribution in [1.29, 1.82) is 0 Å². The smallest absolute Gasteiger partial charge is 0.460 e. The van der Waals surface area contributed by atoms with Gasteiger partial charge >= 0.3 is 21.1 Å². The number of aromatic nitrogens is 3. The van der Waals surface area contributed by atoms with E-state index in [1.165, 1.54) is 11.1 Å². The average molecular weight is 759 g/mol. The number of hydrogen-bond acceptors (Lipinski definition) is 3. The Labute approximate surface area is 275 Å². The van der Waals surface area contributed by atoms with Gasteiger partial charge in [0.05, 0.1) is 0 Å². The molecule has 0 fully saturated rings. The number of benzene rings is 5. The number of nitrogens with zero attached hydrogens (tertiary/aromatic N) is 3. The molecule has 0 aliphatic carbocycles. The van der Waals surface area contributed by atoms with E-state index in [4.69, 9.17) is 9.72 Å². The van der Waals surface area contributed by atoms with Crippen LogP contribution in [0, 0.1) is 12.1 Å². The average Bonchev–Trinajstić information content (AvgIpc) is 3.43. The molecule has 4 nitrogen and oxygen atoms in total. The van der Waals surface area contributed by atoms with Gasteiger partial charge in [0.15, 0.2) is 0 Å². The van der Waals surface area contributed by atoms with E-state index in [1.807, 2.05) is 72.9 Å². The van der Waals surface area contributed by atoms with E-state index in [0.717, 1.165) is 49.9 Å². The van der Waals surface area contributed by atoms with Gasteiger partial charge in [-0.3, -0.25) is 0 Å². The van der Waals surface area contributed by atoms with Crippen LogP contribution in [-0.4, -0.2) is 14.5 Å². The summed E-state index contributed by atoms with van der Waals surface area (Å²) in [6, 6.07) is 54.7. The number of pyridine rings is 2. The minimum atomic E-state index is 0. The summed E-state index contributed by atoms with van der Waals surface area (Å²) >= 11 is 0. The molecule has 0 radical (unpaired) electrons. The fourth-order valence-corrected chi connectivity index (χ4v) is 5.70. The number of hydrogen-bond donors (Lipinski definition) is 0. The molecule has 0 unspecified atom stereocenters. The Hall–Kier alpha value is -5.31. The molecule has 0 saturated heterocycles. The van der Waals surface area contributed by atoms with Gasteiger partial charge in [0, 0.05) is 29.7 Å². The minimum absolute atomic E-state index is 0. The van der Waals surface area contributed by atoms with Crippen molar-refractivity contribution in [3.8, 4) is 50.8 Å². The predicted octanol–water partition coefficient (Wildman–Crippen LogP) is 9.96. The van der Waals surface area contributed by atoms with Crippen molar-refractivity contribution in [2.24, 2.45) is 0 Å². The van der Waals surface area contributed by atoms with E-state index in [0.29, 0.717) is 11.6 Å². The molecule has 0 bridgehead atoms. The summed E-state index contributed by atoms with van der Waals surface area (Å²) in [7, 11) is 0. The molecule has 5 heteroatoms. The molecule has 45 heavy (non-hydrogen) atoms. The standard InChI is InChI=1S/C40H25N3O.Pt/c1-3-11-28(12-4-1)30-18-20-37-36(26-30)35-19-17-31(27-38(35)43(37)39-15-7-9-21-41-39)33-23-32(29-13-5-2-6-14-29)24-34(25-33)44-40-16-8-10-22-42-40;/h1-24,26H;/q-2;+2. The van der Waals surface area contributed by atoms with Gasteiger partial charge in [-0.25, -0.2) is 21.1 Å². The summed E-state index contributed by atoms with van der Waals surface area (Å²) in [5, 5.41) is 2.26. The second-order valence-electron chi connectivity index (χ2n) is 10.5. The van der Waals surface area contributed by atoms with Crippen LogP contribution in [0.1, 0.15) is 0 Å². The summed E-state index contributed by atoms with van der Waals surface area (Å²) in [6.45, 7) is 0. The van der Waals surface area contributed by atoms with E-state index in [1.54, 1.807) is 6.20 Å². The summed E-state index contributed by atoms with van der Waals surface area (Å²) in [6.07, 6.45) is 3.55. The van der Waals surface area contributed by atoms with Gasteiger partial charge in [0.2, 0.25) is 5.88 Å². The summed E-state index contributed by atoms with van der Waals surface area (Å²) in [5.74, 6) is 1.95. The molecule has 0 spiro atoms.